The van der Waals surface area contributed by atoms with Crippen LogP contribution in [0.3, 0.4) is 0 Å². The SMILES string of the molecule is CN(CCCOc1ccc(Cc2ccsc2)cc1)CCC(=O)NS(C)(=O)=O. The highest BCUT2D eigenvalue weighted by Gasteiger charge is 2.09. The first kappa shape index (κ1) is 21.4. The van der Waals surface area contributed by atoms with Crippen molar-refractivity contribution in [2.75, 3.05) is 33.0 Å². The van der Waals surface area contributed by atoms with Crippen LogP contribution in [0.2, 0.25) is 0 Å². The van der Waals surface area contributed by atoms with Gasteiger partial charge < -0.3 is 9.64 Å². The molecule has 0 aliphatic carbocycles. The maximum atomic E-state index is 11.5. The fraction of sp³-hybridized carbons (Fsp3) is 0.421. The second-order valence-corrected chi connectivity index (χ2v) is 9.03. The summed E-state index contributed by atoms with van der Waals surface area (Å²) in [4.78, 5) is 13.4. The van der Waals surface area contributed by atoms with Crippen molar-refractivity contribution in [3.63, 3.8) is 0 Å². The number of sulfonamides is 1. The summed E-state index contributed by atoms with van der Waals surface area (Å²) < 4.78 is 29.7. The van der Waals surface area contributed by atoms with E-state index in [1.807, 2.05) is 28.8 Å². The number of carbonyl (C=O) groups excluding carboxylic acids is 1. The molecular formula is C19H26N2O4S2. The fourth-order valence-electron chi connectivity index (χ4n) is 2.52. The molecule has 1 N–H and O–H groups in total. The highest BCUT2D eigenvalue weighted by molar-refractivity contribution is 7.89. The van der Waals surface area contributed by atoms with Crippen LogP contribution in [0.4, 0.5) is 0 Å². The number of hydrogen-bond donors (Lipinski definition) is 1. The third-order valence-electron chi connectivity index (χ3n) is 3.88. The summed E-state index contributed by atoms with van der Waals surface area (Å²) in [5.41, 5.74) is 2.58. The Hall–Kier alpha value is -1.90. The van der Waals surface area contributed by atoms with E-state index in [0.717, 1.165) is 31.4 Å². The highest BCUT2D eigenvalue weighted by atomic mass is 32.2. The zero-order chi connectivity index (χ0) is 19.7. The van der Waals surface area contributed by atoms with Gasteiger partial charge in [0.15, 0.2) is 0 Å². The summed E-state index contributed by atoms with van der Waals surface area (Å²) in [6.45, 7) is 1.85. The van der Waals surface area contributed by atoms with E-state index >= 15 is 0 Å². The molecule has 0 unspecified atom stereocenters. The highest BCUT2D eigenvalue weighted by Crippen LogP contribution is 2.17. The van der Waals surface area contributed by atoms with Crippen molar-refractivity contribution in [2.45, 2.75) is 19.3 Å². The Bertz CT molecular complexity index is 803. The van der Waals surface area contributed by atoms with Crippen molar-refractivity contribution in [1.82, 2.24) is 9.62 Å². The summed E-state index contributed by atoms with van der Waals surface area (Å²) in [5, 5.41) is 4.24. The van der Waals surface area contributed by atoms with Gasteiger partial charge in [-0.05, 0) is 60.0 Å². The molecular weight excluding hydrogens is 384 g/mol. The van der Waals surface area contributed by atoms with Crippen LogP contribution in [0.15, 0.2) is 41.1 Å². The number of ether oxygens (including phenoxy) is 1. The van der Waals surface area contributed by atoms with E-state index in [0.29, 0.717) is 13.2 Å². The van der Waals surface area contributed by atoms with Crippen LogP contribution in [0.25, 0.3) is 0 Å². The lowest BCUT2D eigenvalue weighted by Crippen LogP contribution is -2.33. The van der Waals surface area contributed by atoms with Gasteiger partial charge in [0.25, 0.3) is 0 Å². The van der Waals surface area contributed by atoms with Crippen LogP contribution in [-0.2, 0) is 21.2 Å². The van der Waals surface area contributed by atoms with Crippen molar-refractivity contribution in [3.05, 3.63) is 52.2 Å². The van der Waals surface area contributed by atoms with Gasteiger partial charge in [0.1, 0.15) is 5.75 Å². The molecule has 0 spiro atoms. The molecule has 0 fully saturated rings. The quantitative estimate of drug-likeness (QED) is 0.576. The lowest BCUT2D eigenvalue weighted by atomic mass is 10.1. The molecule has 6 nitrogen and oxygen atoms in total. The molecule has 148 valence electrons. The molecule has 2 aromatic rings. The summed E-state index contributed by atoms with van der Waals surface area (Å²) >= 11 is 1.71. The molecule has 0 bridgehead atoms. The Balaban J connectivity index is 1.61. The van der Waals surface area contributed by atoms with Crippen molar-refractivity contribution in [2.24, 2.45) is 0 Å². The standard InChI is InChI=1S/C19H26N2O4S2/c1-21(11-8-19(22)20-27(2,23)24)10-3-12-25-18-6-4-16(5-7-18)14-17-9-13-26-15-17/h4-7,9,13,15H,3,8,10-12,14H2,1-2H3,(H,20,22). The van der Waals surface area contributed by atoms with Gasteiger partial charge in [-0.2, -0.15) is 11.3 Å². The molecule has 27 heavy (non-hydrogen) atoms. The maximum absolute atomic E-state index is 11.5. The summed E-state index contributed by atoms with van der Waals surface area (Å²) in [6, 6.07) is 10.3. The molecule has 0 saturated heterocycles. The van der Waals surface area contributed by atoms with Crippen molar-refractivity contribution < 1.29 is 17.9 Å². The number of rotatable bonds is 11. The van der Waals surface area contributed by atoms with Crippen molar-refractivity contribution >= 4 is 27.3 Å². The van der Waals surface area contributed by atoms with E-state index in [2.05, 4.69) is 29.0 Å². The monoisotopic (exact) mass is 410 g/mol. The minimum absolute atomic E-state index is 0.149. The number of thiophene rings is 1. The first-order valence-electron chi connectivity index (χ1n) is 8.74. The average molecular weight is 411 g/mol. The van der Waals surface area contributed by atoms with Gasteiger partial charge in [-0.25, -0.2) is 8.42 Å². The number of nitrogens with zero attached hydrogens (tertiary/aromatic N) is 1. The molecule has 0 atom stereocenters. The maximum Gasteiger partial charge on any atom is 0.234 e. The van der Waals surface area contributed by atoms with E-state index < -0.39 is 15.9 Å². The van der Waals surface area contributed by atoms with Crippen LogP contribution in [0.5, 0.6) is 5.75 Å². The molecule has 0 radical (unpaired) electrons. The summed E-state index contributed by atoms with van der Waals surface area (Å²) in [5.74, 6) is 0.363. The zero-order valence-corrected chi connectivity index (χ0v) is 17.3. The average Bonchev–Trinajstić information content (AvgIpc) is 3.10. The largest absolute Gasteiger partial charge is 0.494 e. The third kappa shape index (κ3) is 9.03. The molecule has 2 rings (SSSR count). The van der Waals surface area contributed by atoms with Gasteiger partial charge in [0.05, 0.1) is 12.9 Å². The van der Waals surface area contributed by atoms with E-state index in [1.165, 1.54) is 11.1 Å². The molecule has 1 aromatic heterocycles. The minimum atomic E-state index is -3.48. The van der Waals surface area contributed by atoms with Crippen LogP contribution in [-0.4, -0.2) is 52.2 Å². The first-order valence-corrected chi connectivity index (χ1v) is 11.6. The predicted octanol–water partition coefficient (Wildman–Crippen LogP) is 2.51. The van der Waals surface area contributed by atoms with Crippen LogP contribution >= 0.6 is 11.3 Å². The molecule has 1 amide bonds. The molecule has 1 heterocycles. The Labute approximate surface area is 165 Å². The topological polar surface area (TPSA) is 75.7 Å². The lowest BCUT2D eigenvalue weighted by Gasteiger charge is -2.16. The molecule has 0 aliphatic heterocycles. The van der Waals surface area contributed by atoms with Gasteiger partial charge in [0, 0.05) is 19.5 Å². The molecule has 8 heteroatoms. The third-order valence-corrected chi connectivity index (χ3v) is 5.21. The second kappa shape index (κ2) is 10.4. The number of nitrogens with one attached hydrogen (secondary N) is 1. The van der Waals surface area contributed by atoms with E-state index in [4.69, 9.17) is 4.74 Å². The fourth-order valence-corrected chi connectivity index (χ4v) is 3.70. The van der Waals surface area contributed by atoms with Gasteiger partial charge in [-0.3, -0.25) is 9.52 Å². The van der Waals surface area contributed by atoms with Crippen molar-refractivity contribution in [3.8, 4) is 5.75 Å². The zero-order valence-electron chi connectivity index (χ0n) is 15.7. The first-order chi connectivity index (χ1) is 12.8. The summed E-state index contributed by atoms with van der Waals surface area (Å²) in [7, 11) is -1.58. The van der Waals surface area contributed by atoms with E-state index in [1.54, 1.807) is 11.3 Å². The Morgan fingerprint density at radius 1 is 1.15 bits per heavy atom. The Morgan fingerprint density at radius 2 is 1.89 bits per heavy atom. The Kier molecular flexibility index (Phi) is 8.27. The van der Waals surface area contributed by atoms with Gasteiger partial charge >= 0.3 is 0 Å². The molecule has 0 saturated carbocycles. The smallest absolute Gasteiger partial charge is 0.234 e. The lowest BCUT2D eigenvalue weighted by molar-refractivity contribution is -0.119. The summed E-state index contributed by atoms with van der Waals surface area (Å²) in [6.07, 6.45) is 2.87. The minimum Gasteiger partial charge on any atom is -0.494 e. The predicted molar refractivity (Wildman–Crippen MR) is 109 cm³/mol. The molecule has 0 aliphatic rings. The van der Waals surface area contributed by atoms with Gasteiger partial charge in [0.2, 0.25) is 15.9 Å². The number of benzene rings is 1. The van der Waals surface area contributed by atoms with Crippen LogP contribution < -0.4 is 9.46 Å². The number of hydrogen-bond acceptors (Lipinski definition) is 6. The Morgan fingerprint density at radius 3 is 2.52 bits per heavy atom. The number of amides is 1. The van der Waals surface area contributed by atoms with Gasteiger partial charge in [-0.15, -0.1) is 0 Å². The van der Waals surface area contributed by atoms with Crippen molar-refractivity contribution in [1.29, 1.82) is 0 Å². The molecule has 1 aromatic carbocycles. The van der Waals surface area contributed by atoms with E-state index in [9.17, 15) is 13.2 Å². The van der Waals surface area contributed by atoms with Crippen LogP contribution in [0, 0.1) is 0 Å². The van der Waals surface area contributed by atoms with Crippen LogP contribution in [0.1, 0.15) is 24.0 Å². The second-order valence-electron chi connectivity index (χ2n) is 6.51. The normalized spacial score (nSPS) is 11.5. The van der Waals surface area contributed by atoms with E-state index in [-0.39, 0.29) is 6.42 Å². The number of carbonyl (C=O) groups is 1. The van der Waals surface area contributed by atoms with Gasteiger partial charge in [-0.1, -0.05) is 12.1 Å².